The Labute approximate surface area is 295 Å². The monoisotopic (exact) mass is 708 g/mol. The third-order valence-corrected chi connectivity index (χ3v) is 8.04. The van der Waals surface area contributed by atoms with Crippen LogP contribution in [0.1, 0.15) is 11.6 Å². The van der Waals surface area contributed by atoms with Crippen LogP contribution in [0.4, 0.5) is 0 Å². The molecule has 0 radical (unpaired) electrons. The van der Waals surface area contributed by atoms with Gasteiger partial charge in [-0.3, -0.25) is 0 Å². The lowest BCUT2D eigenvalue weighted by Gasteiger charge is -2.06. The van der Waals surface area contributed by atoms with Crippen molar-refractivity contribution in [3.05, 3.63) is 73.9 Å². The molecule has 4 aromatic rings. The van der Waals surface area contributed by atoms with Gasteiger partial charge in [0, 0.05) is 13.8 Å². The maximum Gasteiger partial charge on any atom is 0.253 e. The van der Waals surface area contributed by atoms with Gasteiger partial charge in [0.2, 0.25) is 12.7 Å². The van der Waals surface area contributed by atoms with Crippen LogP contribution in [0.2, 0.25) is 0 Å². The predicted molar refractivity (Wildman–Crippen MR) is 179 cm³/mol. The van der Waals surface area contributed by atoms with E-state index < -0.39 is 0 Å². The molecule has 0 amide bonds. The topological polar surface area (TPSA) is 131 Å². The van der Waals surface area contributed by atoms with E-state index in [0.717, 1.165) is 26.2 Å². The van der Waals surface area contributed by atoms with Crippen LogP contribution in [0.25, 0.3) is 0 Å². The lowest BCUT2D eigenvalue weighted by atomic mass is 10.6. The van der Waals surface area contributed by atoms with Gasteiger partial charge < -0.3 is 38.6 Å². The molecule has 16 heteroatoms. The molecule has 0 saturated heterocycles. The summed E-state index contributed by atoms with van der Waals surface area (Å²) >= 11 is 0. The summed E-state index contributed by atoms with van der Waals surface area (Å²) in [6, 6.07) is 0. The molecule has 4 aromatic heterocycles. The highest BCUT2D eigenvalue weighted by atomic mass is 16.5. The van der Waals surface area contributed by atoms with E-state index in [1.807, 2.05) is 60.7 Å². The van der Waals surface area contributed by atoms with Crippen molar-refractivity contribution in [2.75, 3.05) is 79.3 Å². The van der Waals surface area contributed by atoms with Crippen molar-refractivity contribution in [3.8, 4) is 0 Å². The molecular formula is C34H60N8O8+4. The number of hydrogen-bond donors (Lipinski definition) is 2. The normalized spacial score (nSPS) is 11.3. The molecule has 0 unspecified atom stereocenters. The smallest absolute Gasteiger partial charge is 0.253 e. The van der Waals surface area contributed by atoms with Crippen LogP contribution in [0.5, 0.6) is 0 Å². The molecular weight excluding hydrogens is 648 g/mol. The SMILES string of the molecule is Cc1n(CCOCCOCCOCCn2cc[n+](C)c2C)cc[n+]1C.OC[n+]1ccn(CCOCCOCCOCCn2cc[n+](CO)c2)c1. The highest BCUT2D eigenvalue weighted by molar-refractivity contribution is 4.79. The number of nitrogens with zero attached hydrogens (tertiary/aromatic N) is 8. The van der Waals surface area contributed by atoms with Crippen LogP contribution in [0, 0.1) is 13.8 Å². The lowest BCUT2D eigenvalue weighted by molar-refractivity contribution is -0.729. The number of aryl methyl sites for hydroxylation is 2. The van der Waals surface area contributed by atoms with Crippen LogP contribution >= 0.6 is 0 Å². The van der Waals surface area contributed by atoms with Crippen LogP contribution in [-0.4, -0.2) is 108 Å². The number of rotatable bonds is 26. The van der Waals surface area contributed by atoms with Gasteiger partial charge in [-0.05, 0) is 0 Å². The minimum absolute atomic E-state index is 0.0160. The molecule has 0 atom stereocenters. The highest BCUT2D eigenvalue weighted by Gasteiger charge is 2.09. The Balaban J connectivity index is 0.000000270. The van der Waals surface area contributed by atoms with Crippen molar-refractivity contribution in [3.63, 3.8) is 0 Å². The van der Waals surface area contributed by atoms with Gasteiger partial charge in [0.15, 0.2) is 13.5 Å². The summed E-state index contributed by atoms with van der Waals surface area (Å²) in [5, 5.41) is 17.9. The van der Waals surface area contributed by atoms with Gasteiger partial charge in [0.05, 0.1) is 93.4 Å². The van der Waals surface area contributed by atoms with Crippen molar-refractivity contribution in [2.45, 2.75) is 53.5 Å². The van der Waals surface area contributed by atoms with E-state index in [2.05, 4.69) is 56.9 Å². The molecule has 4 rings (SSSR count). The largest absolute Gasteiger partial charge is 0.377 e. The Hall–Kier alpha value is -3.48. The molecule has 0 spiro atoms. The van der Waals surface area contributed by atoms with E-state index in [-0.39, 0.29) is 13.5 Å². The number of imidazole rings is 4. The first-order valence-electron chi connectivity index (χ1n) is 17.2. The number of aromatic nitrogens is 8. The Kier molecular flexibility index (Phi) is 20.2. The fraction of sp³-hybridized carbons (Fsp3) is 0.647. The van der Waals surface area contributed by atoms with Crippen LogP contribution in [0.3, 0.4) is 0 Å². The third-order valence-electron chi connectivity index (χ3n) is 8.04. The summed E-state index contributed by atoms with van der Waals surface area (Å²) in [5.74, 6) is 2.45. The highest BCUT2D eigenvalue weighted by Crippen LogP contribution is 1.95. The average molecular weight is 709 g/mol. The summed E-state index contributed by atoms with van der Waals surface area (Å²) in [4.78, 5) is 0. The number of ether oxygens (including phenoxy) is 6. The van der Waals surface area contributed by atoms with Crippen molar-refractivity contribution in [1.29, 1.82) is 0 Å². The summed E-state index contributed by atoms with van der Waals surface area (Å²) in [7, 11) is 4.09. The summed E-state index contributed by atoms with van der Waals surface area (Å²) in [6.45, 7) is 14.6. The molecule has 50 heavy (non-hydrogen) atoms. The first-order chi connectivity index (χ1) is 24.4. The fourth-order valence-electron chi connectivity index (χ4n) is 4.73. The second kappa shape index (κ2) is 24.6. The molecule has 16 nitrogen and oxygen atoms in total. The Bertz CT molecular complexity index is 1330. The van der Waals surface area contributed by atoms with E-state index in [0.29, 0.717) is 79.3 Å². The van der Waals surface area contributed by atoms with Crippen molar-refractivity contribution < 1.29 is 56.9 Å². The van der Waals surface area contributed by atoms with Crippen LogP contribution in [0.15, 0.2) is 62.2 Å². The standard InChI is InChI=1S/C18H32N4O3.C16H28N4O5/c1-17-19(3)5-7-21(17)9-11-23-13-15-25-16-14-24-12-10-22-8-6-20(4)18(22)2;21-15-19-3-1-17(13-19)5-7-23-9-11-25-12-10-24-8-6-18-2-4-20(14-18)16-22/h5-8H,9-16H2,1-4H3;1-4,13-14,21-22H,5-12,15-16H2/q2*+2. The van der Waals surface area contributed by atoms with E-state index in [1.54, 1.807) is 9.13 Å². The predicted octanol–water partition coefficient (Wildman–Crippen LogP) is -1.18. The molecule has 0 aliphatic rings. The molecule has 0 bridgehead atoms. The second-order valence-electron chi connectivity index (χ2n) is 11.6. The first kappa shape index (κ1) is 40.9. The molecule has 0 fully saturated rings. The Morgan fingerprint density at radius 2 is 0.780 bits per heavy atom. The van der Waals surface area contributed by atoms with Gasteiger partial charge in [-0.1, -0.05) is 0 Å². The van der Waals surface area contributed by atoms with Crippen molar-refractivity contribution in [2.24, 2.45) is 14.1 Å². The maximum absolute atomic E-state index is 8.95. The zero-order valence-electron chi connectivity index (χ0n) is 30.4. The molecule has 0 saturated carbocycles. The average Bonchev–Trinajstić information content (AvgIpc) is 3.93. The molecule has 0 aliphatic heterocycles. The molecule has 0 aliphatic carbocycles. The minimum Gasteiger partial charge on any atom is -0.377 e. The van der Waals surface area contributed by atoms with Crippen LogP contribution in [-0.2, 0) is 82.2 Å². The summed E-state index contributed by atoms with van der Waals surface area (Å²) < 4.78 is 49.0. The zero-order chi connectivity index (χ0) is 35.8. The van der Waals surface area contributed by atoms with Crippen molar-refractivity contribution in [1.82, 2.24) is 18.3 Å². The van der Waals surface area contributed by atoms with Gasteiger partial charge in [-0.15, -0.1) is 0 Å². The van der Waals surface area contributed by atoms with E-state index in [1.165, 1.54) is 11.6 Å². The van der Waals surface area contributed by atoms with E-state index in [9.17, 15) is 0 Å². The molecule has 0 aromatic carbocycles. The molecule has 4 heterocycles. The quantitative estimate of drug-likeness (QED) is 0.0617. The minimum atomic E-state index is -0.0160. The number of aliphatic hydroxyl groups is 2. The summed E-state index contributed by atoms with van der Waals surface area (Å²) in [5.41, 5.74) is 0. The van der Waals surface area contributed by atoms with Gasteiger partial charge in [0.25, 0.3) is 11.6 Å². The van der Waals surface area contributed by atoms with Gasteiger partial charge in [0.1, 0.15) is 75.8 Å². The van der Waals surface area contributed by atoms with E-state index >= 15 is 0 Å². The van der Waals surface area contributed by atoms with Gasteiger partial charge in [-0.2, -0.15) is 0 Å². The van der Waals surface area contributed by atoms with Crippen LogP contribution < -0.4 is 18.3 Å². The maximum atomic E-state index is 8.95. The first-order valence-corrected chi connectivity index (χ1v) is 17.2. The van der Waals surface area contributed by atoms with Gasteiger partial charge >= 0.3 is 0 Å². The van der Waals surface area contributed by atoms with E-state index in [4.69, 9.17) is 38.6 Å². The number of hydrogen-bond acceptors (Lipinski definition) is 8. The molecule has 280 valence electrons. The Morgan fingerprint density at radius 1 is 0.460 bits per heavy atom. The molecule has 2 N–H and O–H groups in total. The number of aliphatic hydroxyl groups excluding tert-OH is 2. The second-order valence-corrected chi connectivity index (χ2v) is 11.6. The van der Waals surface area contributed by atoms with Gasteiger partial charge in [-0.25, -0.2) is 36.5 Å². The van der Waals surface area contributed by atoms with Crippen molar-refractivity contribution >= 4 is 0 Å². The zero-order valence-corrected chi connectivity index (χ0v) is 30.4. The fourth-order valence-corrected chi connectivity index (χ4v) is 4.73. The third kappa shape index (κ3) is 16.0. The Morgan fingerprint density at radius 3 is 1.06 bits per heavy atom. The lowest BCUT2D eigenvalue weighted by Crippen LogP contribution is -2.30. The summed E-state index contributed by atoms with van der Waals surface area (Å²) in [6.07, 6.45) is 19.3.